The highest BCUT2D eigenvalue weighted by atomic mass is 16.5. The Morgan fingerprint density at radius 2 is 1.98 bits per heavy atom. The number of carbonyl (C=O) groups is 1. The van der Waals surface area contributed by atoms with Crippen LogP contribution in [0.4, 0.5) is 11.6 Å². The van der Waals surface area contributed by atoms with Crippen molar-refractivity contribution >= 4 is 17.5 Å². The van der Waals surface area contributed by atoms with E-state index < -0.39 is 0 Å². The Labute approximate surface area is 239 Å². The highest BCUT2D eigenvalue weighted by Gasteiger charge is 2.37. The molecule has 3 unspecified atom stereocenters. The van der Waals surface area contributed by atoms with Gasteiger partial charge in [0.2, 0.25) is 5.95 Å². The molecule has 3 aliphatic rings. The third kappa shape index (κ3) is 4.74. The van der Waals surface area contributed by atoms with Crippen LogP contribution in [0.15, 0.2) is 54.7 Å². The van der Waals surface area contributed by atoms with Gasteiger partial charge in [0.15, 0.2) is 0 Å². The summed E-state index contributed by atoms with van der Waals surface area (Å²) in [4.78, 5) is 22.8. The van der Waals surface area contributed by atoms with E-state index in [-0.39, 0.29) is 11.9 Å². The Kier molecular flexibility index (Phi) is 6.66. The number of amides is 1. The van der Waals surface area contributed by atoms with Crippen molar-refractivity contribution in [3.63, 3.8) is 0 Å². The van der Waals surface area contributed by atoms with Crippen LogP contribution in [0.3, 0.4) is 0 Å². The Balaban J connectivity index is 1.15. The number of nitrogens with one attached hydrogen (secondary N) is 3. The fraction of sp³-hybridized carbons (Fsp3) is 0.375. The van der Waals surface area contributed by atoms with E-state index in [0.717, 1.165) is 59.7 Å². The predicted octanol–water partition coefficient (Wildman–Crippen LogP) is 4.51. The van der Waals surface area contributed by atoms with Crippen molar-refractivity contribution in [2.24, 2.45) is 18.9 Å². The second-order valence-electron chi connectivity index (χ2n) is 11.4. The maximum atomic E-state index is 13.2. The highest BCUT2D eigenvalue weighted by Crippen LogP contribution is 2.40. The number of piperidine rings is 1. The molecule has 9 heteroatoms. The molecule has 4 aromatic rings. The predicted molar refractivity (Wildman–Crippen MR) is 158 cm³/mol. The van der Waals surface area contributed by atoms with Crippen LogP contribution in [-0.4, -0.2) is 51.9 Å². The lowest BCUT2D eigenvalue weighted by Gasteiger charge is -2.35. The summed E-state index contributed by atoms with van der Waals surface area (Å²) in [5, 5.41) is 14.9. The molecule has 1 saturated heterocycles. The van der Waals surface area contributed by atoms with Gasteiger partial charge >= 0.3 is 0 Å². The first kappa shape index (κ1) is 25.7. The second kappa shape index (κ2) is 10.6. The molecule has 0 bridgehead atoms. The van der Waals surface area contributed by atoms with Gasteiger partial charge in [-0.25, -0.2) is 9.97 Å². The van der Waals surface area contributed by atoms with Crippen LogP contribution in [0.5, 0.6) is 5.75 Å². The Morgan fingerprint density at radius 3 is 2.83 bits per heavy atom. The molecule has 2 aromatic carbocycles. The molecule has 1 aliphatic heterocycles. The third-order valence-corrected chi connectivity index (χ3v) is 8.93. The fourth-order valence-corrected chi connectivity index (χ4v) is 6.94. The topological polar surface area (TPSA) is 106 Å². The molecule has 7 rings (SSSR count). The van der Waals surface area contributed by atoms with E-state index in [1.54, 1.807) is 13.2 Å². The van der Waals surface area contributed by atoms with Crippen molar-refractivity contribution in [2.75, 3.05) is 25.5 Å². The van der Waals surface area contributed by atoms with E-state index in [9.17, 15) is 4.79 Å². The maximum Gasteiger partial charge on any atom is 0.251 e. The maximum absolute atomic E-state index is 13.2. The SMILES string of the molecule is COc1cc(C(=O)NC2CNCC3CCCC32)ccc1Nc1ncc2c(n1)-c1c(nn(C)c1-c1ccccc1)CC2. The van der Waals surface area contributed by atoms with Gasteiger partial charge in [0.1, 0.15) is 5.75 Å². The molecule has 3 N–H and O–H groups in total. The lowest BCUT2D eigenvalue weighted by atomic mass is 9.85. The normalized spacial score (nSPS) is 21.0. The van der Waals surface area contributed by atoms with Crippen LogP contribution in [0.25, 0.3) is 22.5 Å². The molecule has 2 aromatic heterocycles. The van der Waals surface area contributed by atoms with Crippen LogP contribution < -0.4 is 20.7 Å². The summed E-state index contributed by atoms with van der Waals surface area (Å²) >= 11 is 0. The van der Waals surface area contributed by atoms with E-state index in [2.05, 4.69) is 33.1 Å². The minimum atomic E-state index is -0.0724. The number of aryl methyl sites for hydroxylation is 3. The van der Waals surface area contributed by atoms with Crippen LogP contribution in [0.2, 0.25) is 0 Å². The molecule has 2 aliphatic carbocycles. The monoisotopic (exact) mass is 549 g/mol. The van der Waals surface area contributed by atoms with Gasteiger partial charge in [-0.1, -0.05) is 36.8 Å². The molecule has 2 fully saturated rings. The summed E-state index contributed by atoms with van der Waals surface area (Å²) in [6.45, 7) is 1.88. The number of rotatable bonds is 6. The number of carbonyl (C=O) groups excluding carboxylic acids is 1. The third-order valence-electron chi connectivity index (χ3n) is 8.93. The summed E-state index contributed by atoms with van der Waals surface area (Å²) in [7, 11) is 3.60. The molecule has 41 heavy (non-hydrogen) atoms. The minimum Gasteiger partial charge on any atom is -0.495 e. The van der Waals surface area contributed by atoms with Gasteiger partial charge in [0.05, 0.1) is 29.9 Å². The Morgan fingerprint density at radius 1 is 1.10 bits per heavy atom. The van der Waals surface area contributed by atoms with Gasteiger partial charge in [0.25, 0.3) is 5.91 Å². The summed E-state index contributed by atoms with van der Waals surface area (Å²) < 4.78 is 7.64. The fourth-order valence-electron chi connectivity index (χ4n) is 6.94. The standard InChI is InChI=1S/C32H35N7O2/c1-39-30(19-7-4-3-5-8-19)28-25(38-39)14-12-22-17-34-32(37-29(22)28)36-24-13-11-20(15-27(24)41-2)31(40)35-26-18-33-16-21-9-6-10-23(21)26/h3-5,7-8,11,13,15,17,21,23,26,33H,6,9-10,12,14,16,18H2,1-2H3,(H,35,40)(H,34,36,37). The van der Waals surface area contributed by atoms with E-state index in [1.807, 2.05) is 48.3 Å². The van der Waals surface area contributed by atoms with Crippen molar-refractivity contribution in [3.05, 3.63) is 71.5 Å². The second-order valence-corrected chi connectivity index (χ2v) is 11.4. The van der Waals surface area contributed by atoms with E-state index in [4.69, 9.17) is 14.8 Å². The summed E-state index contributed by atoms with van der Waals surface area (Å²) in [5.74, 6) is 2.18. The van der Waals surface area contributed by atoms with Crippen LogP contribution in [0.1, 0.15) is 40.9 Å². The van der Waals surface area contributed by atoms with Crippen molar-refractivity contribution in [2.45, 2.75) is 38.1 Å². The highest BCUT2D eigenvalue weighted by molar-refractivity contribution is 5.95. The van der Waals surface area contributed by atoms with Crippen LogP contribution >= 0.6 is 0 Å². The van der Waals surface area contributed by atoms with Gasteiger partial charge in [-0.3, -0.25) is 9.48 Å². The first-order valence-electron chi connectivity index (χ1n) is 14.5. The quantitative estimate of drug-likeness (QED) is 0.325. The number of hydrogen-bond acceptors (Lipinski definition) is 7. The smallest absolute Gasteiger partial charge is 0.251 e. The first-order valence-corrected chi connectivity index (χ1v) is 14.5. The molecular weight excluding hydrogens is 514 g/mol. The zero-order valence-corrected chi connectivity index (χ0v) is 23.5. The van der Waals surface area contributed by atoms with Gasteiger partial charge in [0, 0.05) is 42.5 Å². The lowest BCUT2D eigenvalue weighted by molar-refractivity contribution is 0.0899. The molecule has 1 saturated carbocycles. The van der Waals surface area contributed by atoms with E-state index >= 15 is 0 Å². The zero-order valence-electron chi connectivity index (χ0n) is 23.5. The van der Waals surface area contributed by atoms with Crippen LogP contribution in [0, 0.1) is 11.8 Å². The van der Waals surface area contributed by atoms with E-state index in [0.29, 0.717) is 34.8 Å². The number of anilines is 2. The molecule has 3 heterocycles. The van der Waals surface area contributed by atoms with Gasteiger partial charge < -0.3 is 20.7 Å². The number of ether oxygens (including phenoxy) is 1. The number of aromatic nitrogens is 4. The van der Waals surface area contributed by atoms with Crippen LogP contribution in [-0.2, 0) is 19.9 Å². The molecule has 1 amide bonds. The summed E-state index contributed by atoms with van der Waals surface area (Å²) in [6, 6.07) is 15.9. The first-order chi connectivity index (χ1) is 20.1. The Bertz CT molecular complexity index is 1600. The Hall–Kier alpha value is -4.24. The summed E-state index contributed by atoms with van der Waals surface area (Å²) in [6.07, 6.45) is 7.29. The largest absolute Gasteiger partial charge is 0.495 e. The minimum absolute atomic E-state index is 0.0724. The summed E-state index contributed by atoms with van der Waals surface area (Å²) in [5.41, 5.74) is 7.55. The molecule has 210 valence electrons. The van der Waals surface area contributed by atoms with Crippen molar-refractivity contribution in [1.82, 2.24) is 30.4 Å². The lowest BCUT2D eigenvalue weighted by Crippen LogP contribution is -2.53. The van der Waals surface area contributed by atoms with E-state index in [1.165, 1.54) is 19.3 Å². The van der Waals surface area contributed by atoms with Crippen molar-refractivity contribution in [1.29, 1.82) is 0 Å². The number of hydrogen-bond donors (Lipinski definition) is 3. The number of benzene rings is 2. The molecule has 3 atom stereocenters. The van der Waals surface area contributed by atoms with Gasteiger partial charge in [-0.05, 0) is 67.8 Å². The van der Waals surface area contributed by atoms with Gasteiger partial charge in [-0.15, -0.1) is 0 Å². The van der Waals surface area contributed by atoms with Crippen molar-refractivity contribution in [3.8, 4) is 28.3 Å². The number of fused-ring (bicyclic) bond motifs is 4. The number of methoxy groups -OCH3 is 1. The average molecular weight is 550 g/mol. The zero-order chi connectivity index (χ0) is 27.9. The molecule has 0 spiro atoms. The molecule has 9 nitrogen and oxygen atoms in total. The van der Waals surface area contributed by atoms with Crippen molar-refractivity contribution < 1.29 is 9.53 Å². The average Bonchev–Trinajstić information content (AvgIpc) is 3.62. The van der Waals surface area contributed by atoms with Gasteiger partial charge in [-0.2, -0.15) is 5.10 Å². The number of nitrogens with zero attached hydrogens (tertiary/aromatic N) is 4. The molecule has 0 radical (unpaired) electrons. The molecular formula is C32H35N7O2.